The van der Waals surface area contributed by atoms with Gasteiger partial charge >= 0.3 is 0 Å². The number of fused-ring (bicyclic) bond motifs is 1. The van der Waals surface area contributed by atoms with E-state index in [4.69, 9.17) is 12.2 Å². The number of thiocarbonyl (C=S) groups is 1. The molecular formula is C19H20N2O2S2. The van der Waals surface area contributed by atoms with E-state index < -0.39 is 9.84 Å². The van der Waals surface area contributed by atoms with Crippen LogP contribution in [-0.4, -0.2) is 37.1 Å². The molecule has 0 spiro atoms. The van der Waals surface area contributed by atoms with E-state index in [1.165, 1.54) is 5.56 Å². The summed E-state index contributed by atoms with van der Waals surface area (Å²) < 4.78 is 24.7. The van der Waals surface area contributed by atoms with Crippen molar-refractivity contribution in [3.8, 4) is 0 Å². The largest absolute Gasteiger partial charge is 0.312 e. The average Bonchev–Trinajstić information content (AvgIpc) is 3.00. The van der Waals surface area contributed by atoms with Crippen molar-refractivity contribution in [3.05, 3.63) is 59.7 Å². The Morgan fingerprint density at radius 3 is 2.24 bits per heavy atom. The fraction of sp³-hybridized carbons (Fsp3) is 0.316. The Kier molecular flexibility index (Phi) is 3.85. The summed E-state index contributed by atoms with van der Waals surface area (Å²) in [6.45, 7) is 4.13. The van der Waals surface area contributed by atoms with Crippen LogP contribution in [0.2, 0.25) is 0 Å². The van der Waals surface area contributed by atoms with Crippen molar-refractivity contribution in [3.63, 3.8) is 0 Å². The molecule has 2 aliphatic rings. The molecule has 2 saturated heterocycles. The molecule has 0 N–H and O–H groups in total. The lowest BCUT2D eigenvalue weighted by molar-refractivity contribution is 0.601. The van der Waals surface area contributed by atoms with E-state index in [0.29, 0.717) is 5.11 Å². The Morgan fingerprint density at radius 2 is 1.56 bits per heavy atom. The third-order valence-electron chi connectivity index (χ3n) is 5.24. The first-order valence-corrected chi connectivity index (χ1v) is 10.6. The molecule has 0 unspecified atom stereocenters. The van der Waals surface area contributed by atoms with Crippen LogP contribution in [0.25, 0.3) is 0 Å². The Bertz CT molecular complexity index is 941. The number of anilines is 2. The summed E-state index contributed by atoms with van der Waals surface area (Å²) in [6.07, 6.45) is 0. The molecule has 0 amide bonds. The van der Waals surface area contributed by atoms with Crippen molar-refractivity contribution < 1.29 is 8.42 Å². The van der Waals surface area contributed by atoms with Gasteiger partial charge in [0.15, 0.2) is 14.9 Å². The van der Waals surface area contributed by atoms with Crippen molar-refractivity contribution in [2.75, 3.05) is 21.3 Å². The van der Waals surface area contributed by atoms with Gasteiger partial charge in [0.1, 0.15) is 0 Å². The summed E-state index contributed by atoms with van der Waals surface area (Å²) in [6, 6.07) is 15.7. The number of sulfone groups is 1. The molecular weight excluding hydrogens is 352 g/mol. The minimum absolute atomic E-state index is 0.139. The molecule has 2 heterocycles. The number of para-hydroxylation sites is 1. The summed E-state index contributed by atoms with van der Waals surface area (Å²) >= 11 is 5.82. The molecule has 0 bridgehead atoms. The second-order valence-corrected chi connectivity index (χ2v) is 9.31. The Labute approximate surface area is 154 Å². The van der Waals surface area contributed by atoms with Crippen molar-refractivity contribution in [1.82, 2.24) is 0 Å². The van der Waals surface area contributed by atoms with Gasteiger partial charge in [0.05, 0.1) is 23.6 Å². The number of nitrogens with zero attached hydrogens (tertiary/aromatic N) is 2. The Hall–Kier alpha value is -1.92. The van der Waals surface area contributed by atoms with E-state index in [1.807, 2.05) is 47.4 Å². The summed E-state index contributed by atoms with van der Waals surface area (Å²) in [5, 5.41) is 0.685. The van der Waals surface area contributed by atoms with Gasteiger partial charge < -0.3 is 9.80 Å². The van der Waals surface area contributed by atoms with Gasteiger partial charge in [-0.25, -0.2) is 8.42 Å². The zero-order valence-electron chi connectivity index (χ0n) is 14.2. The monoisotopic (exact) mass is 372 g/mol. The van der Waals surface area contributed by atoms with Gasteiger partial charge in [-0.3, -0.25) is 0 Å². The number of hydrogen-bond acceptors (Lipinski definition) is 3. The predicted molar refractivity (Wildman–Crippen MR) is 106 cm³/mol. The Balaban J connectivity index is 1.85. The van der Waals surface area contributed by atoms with Crippen LogP contribution in [-0.2, 0) is 9.84 Å². The minimum atomic E-state index is -3.08. The van der Waals surface area contributed by atoms with Crippen molar-refractivity contribution in [1.29, 1.82) is 0 Å². The topological polar surface area (TPSA) is 40.6 Å². The smallest absolute Gasteiger partial charge is 0.181 e. The average molecular weight is 373 g/mol. The highest BCUT2D eigenvalue weighted by Crippen LogP contribution is 2.39. The molecule has 2 fully saturated rings. The molecule has 130 valence electrons. The van der Waals surface area contributed by atoms with Gasteiger partial charge in [0.25, 0.3) is 0 Å². The maximum Gasteiger partial charge on any atom is 0.181 e. The highest BCUT2D eigenvalue weighted by molar-refractivity contribution is 7.91. The summed E-state index contributed by atoms with van der Waals surface area (Å²) in [4.78, 5) is 4.08. The molecule has 2 aromatic carbocycles. The fourth-order valence-electron chi connectivity index (χ4n) is 3.87. The minimum Gasteiger partial charge on any atom is -0.312 e. The van der Waals surface area contributed by atoms with Crippen LogP contribution in [0.4, 0.5) is 11.4 Å². The molecule has 2 atom stereocenters. The van der Waals surface area contributed by atoms with Gasteiger partial charge in [-0.15, -0.1) is 0 Å². The fourth-order valence-corrected chi connectivity index (χ4v) is 6.27. The molecule has 6 heteroatoms. The molecule has 25 heavy (non-hydrogen) atoms. The molecule has 4 rings (SSSR count). The van der Waals surface area contributed by atoms with Crippen molar-refractivity contribution in [2.24, 2.45) is 0 Å². The maximum atomic E-state index is 12.4. The van der Waals surface area contributed by atoms with Crippen LogP contribution in [0.1, 0.15) is 11.1 Å². The van der Waals surface area contributed by atoms with Gasteiger partial charge in [0, 0.05) is 11.4 Å². The zero-order valence-corrected chi connectivity index (χ0v) is 15.8. The number of hydrogen-bond donors (Lipinski definition) is 0. The van der Waals surface area contributed by atoms with E-state index in [-0.39, 0.29) is 23.6 Å². The SMILES string of the molecule is Cc1cccc(N2C(=S)N(c3ccccc3)[C@H]3CS(=O)(=O)C[C@H]32)c1C. The standard InChI is InChI=1S/C19H20N2O2S2/c1-13-7-6-10-16(14(13)2)21-18-12-25(22,23)11-17(18)20(19(21)24)15-8-4-3-5-9-15/h3-10,17-18H,11-12H2,1-2H3/t17-,18+/m0/s1. The molecule has 0 aliphatic carbocycles. The lowest BCUT2D eigenvalue weighted by Gasteiger charge is -2.27. The quantitative estimate of drug-likeness (QED) is 0.758. The van der Waals surface area contributed by atoms with Crippen LogP contribution in [0.15, 0.2) is 48.5 Å². The van der Waals surface area contributed by atoms with Gasteiger partial charge in [-0.1, -0.05) is 30.3 Å². The van der Waals surface area contributed by atoms with Crippen LogP contribution in [0, 0.1) is 13.8 Å². The van der Waals surface area contributed by atoms with E-state index in [0.717, 1.165) is 16.9 Å². The molecule has 0 aromatic heterocycles. The second-order valence-electron chi connectivity index (χ2n) is 6.79. The zero-order chi connectivity index (χ0) is 17.8. The highest BCUT2D eigenvalue weighted by atomic mass is 32.2. The first-order valence-electron chi connectivity index (χ1n) is 8.33. The third kappa shape index (κ3) is 2.64. The molecule has 2 aromatic rings. The van der Waals surface area contributed by atoms with E-state index in [9.17, 15) is 8.42 Å². The van der Waals surface area contributed by atoms with Crippen molar-refractivity contribution >= 4 is 38.5 Å². The lowest BCUT2D eigenvalue weighted by Crippen LogP contribution is -2.38. The van der Waals surface area contributed by atoms with Gasteiger partial charge in [-0.05, 0) is 55.4 Å². The van der Waals surface area contributed by atoms with Gasteiger partial charge in [0.2, 0.25) is 0 Å². The molecule has 2 aliphatic heterocycles. The van der Waals surface area contributed by atoms with E-state index in [1.54, 1.807) is 0 Å². The molecule has 4 nitrogen and oxygen atoms in total. The number of rotatable bonds is 2. The summed E-state index contributed by atoms with van der Waals surface area (Å²) in [5.74, 6) is 0.294. The first kappa shape index (κ1) is 16.5. The van der Waals surface area contributed by atoms with E-state index in [2.05, 4.69) is 24.8 Å². The number of benzene rings is 2. The Morgan fingerprint density at radius 1 is 0.920 bits per heavy atom. The highest BCUT2D eigenvalue weighted by Gasteiger charge is 2.52. The summed E-state index contributed by atoms with van der Waals surface area (Å²) in [7, 11) is -3.08. The lowest BCUT2D eigenvalue weighted by atomic mass is 10.1. The van der Waals surface area contributed by atoms with E-state index >= 15 is 0 Å². The van der Waals surface area contributed by atoms with Crippen molar-refractivity contribution in [2.45, 2.75) is 25.9 Å². The van der Waals surface area contributed by atoms with Crippen LogP contribution in [0.3, 0.4) is 0 Å². The molecule has 0 saturated carbocycles. The third-order valence-corrected chi connectivity index (χ3v) is 7.33. The first-order chi connectivity index (χ1) is 11.9. The molecule has 0 radical (unpaired) electrons. The normalized spacial score (nSPS) is 24.6. The maximum absolute atomic E-state index is 12.4. The van der Waals surface area contributed by atoms with Crippen LogP contribution < -0.4 is 9.80 Å². The second kappa shape index (κ2) is 5.81. The number of aryl methyl sites for hydroxylation is 1. The predicted octanol–water partition coefficient (Wildman–Crippen LogP) is 3.08. The van der Waals surface area contributed by atoms with Crippen LogP contribution >= 0.6 is 12.2 Å². The van der Waals surface area contributed by atoms with Crippen LogP contribution in [0.5, 0.6) is 0 Å². The van der Waals surface area contributed by atoms with Gasteiger partial charge in [-0.2, -0.15) is 0 Å². The summed E-state index contributed by atoms with van der Waals surface area (Å²) in [5.41, 5.74) is 4.28.